The largest absolute Gasteiger partial charge is 0.432 e. The number of nitrogens with zero attached hydrogens (tertiary/aromatic N) is 3. The number of carbonyl (C=O) groups is 3. The van der Waals surface area contributed by atoms with Crippen LogP contribution in [0.5, 0.6) is 0 Å². The van der Waals surface area contributed by atoms with Crippen LogP contribution >= 0.6 is 0 Å². The summed E-state index contributed by atoms with van der Waals surface area (Å²) in [7, 11) is -1.25. The Balaban J connectivity index is 1.50. The minimum Gasteiger partial charge on any atom is -0.432 e. The second kappa shape index (κ2) is 11.3. The molecule has 3 aliphatic heterocycles. The lowest BCUT2D eigenvalue weighted by molar-refractivity contribution is -0.149. The van der Waals surface area contributed by atoms with E-state index in [1.54, 1.807) is 21.7 Å². The maximum Gasteiger partial charge on any atom is 0.264 e. The highest BCUT2D eigenvalue weighted by molar-refractivity contribution is 6.71. The molecule has 3 heterocycles. The van der Waals surface area contributed by atoms with E-state index in [4.69, 9.17) is 4.74 Å². The van der Waals surface area contributed by atoms with Crippen molar-refractivity contribution in [2.24, 2.45) is 5.92 Å². The Bertz CT molecular complexity index is 1320. The summed E-state index contributed by atoms with van der Waals surface area (Å²) in [6, 6.07) is 15.1. The molecule has 2 aromatic carbocycles. The quantitative estimate of drug-likeness (QED) is 0.407. The van der Waals surface area contributed by atoms with Crippen LogP contribution in [0.4, 0.5) is 11.4 Å². The first-order valence-electron chi connectivity index (χ1n) is 14.3. The third kappa shape index (κ3) is 5.21. The van der Waals surface area contributed by atoms with Crippen molar-refractivity contribution in [2.45, 2.75) is 50.2 Å². The standard InChI is InChI=1S/C30H40N4O6Si/c1-20-28(41(3,4)39)25(17-26(36)33(14-15-35)19-21-8-6-5-7-9-21)40-30(20)23-16-22(34-13-12-31-18-27(34)37)10-11-24(23)32(2)29(30)38/h5-11,16,20,25,28,31,35,39H,12-15,17-19H2,1-4H3/t20-,25+,28-,30+/m0/s1. The molecule has 4 atom stereocenters. The first-order valence-corrected chi connectivity index (χ1v) is 17.3. The van der Waals surface area contributed by atoms with Crippen LogP contribution in [-0.2, 0) is 31.3 Å². The van der Waals surface area contributed by atoms with Crippen LogP contribution in [0, 0.1) is 5.92 Å². The van der Waals surface area contributed by atoms with Gasteiger partial charge in [-0.15, -0.1) is 0 Å². The smallest absolute Gasteiger partial charge is 0.264 e. The van der Waals surface area contributed by atoms with Gasteiger partial charge in [0.2, 0.25) is 11.8 Å². The van der Waals surface area contributed by atoms with Gasteiger partial charge >= 0.3 is 0 Å². The molecule has 3 aliphatic rings. The summed E-state index contributed by atoms with van der Waals surface area (Å²) in [6.07, 6.45) is -0.725. The lowest BCUT2D eigenvalue weighted by Crippen LogP contribution is -2.48. The molecule has 10 nitrogen and oxygen atoms in total. The van der Waals surface area contributed by atoms with E-state index in [1.807, 2.05) is 68.5 Å². The number of aliphatic hydroxyl groups excluding tert-OH is 1. The number of hydrogen-bond donors (Lipinski definition) is 3. The molecular weight excluding hydrogens is 540 g/mol. The number of anilines is 2. The maximum absolute atomic E-state index is 14.0. The molecule has 0 aliphatic carbocycles. The highest BCUT2D eigenvalue weighted by Gasteiger charge is 2.66. The molecule has 0 radical (unpaired) electrons. The minimum atomic E-state index is -2.96. The van der Waals surface area contributed by atoms with Crippen molar-refractivity contribution in [3.63, 3.8) is 0 Å². The van der Waals surface area contributed by atoms with Gasteiger partial charge in [-0.25, -0.2) is 0 Å². The van der Waals surface area contributed by atoms with E-state index in [0.717, 1.165) is 5.56 Å². The molecule has 2 saturated heterocycles. The van der Waals surface area contributed by atoms with Crippen molar-refractivity contribution in [1.82, 2.24) is 10.2 Å². The van der Waals surface area contributed by atoms with Gasteiger partial charge in [-0.3, -0.25) is 14.4 Å². The van der Waals surface area contributed by atoms with E-state index >= 15 is 0 Å². The fraction of sp³-hybridized carbons (Fsp3) is 0.500. The number of carbonyl (C=O) groups excluding carboxylic acids is 3. The van der Waals surface area contributed by atoms with Crippen LogP contribution in [0.25, 0.3) is 0 Å². The summed E-state index contributed by atoms with van der Waals surface area (Å²) in [5.74, 6) is -0.911. The second-order valence-electron chi connectivity index (χ2n) is 11.9. The number of likely N-dealkylation sites (N-methyl/N-ethyl adjacent to an activating group) is 1. The lowest BCUT2D eigenvalue weighted by atomic mass is 9.82. The number of piperazine rings is 1. The summed E-state index contributed by atoms with van der Waals surface area (Å²) in [5.41, 5.74) is 1.20. The van der Waals surface area contributed by atoms with E-state index in [9.17, 15) is 24.3 Å². The number of aliphatic hydroxyl groups is 1. The van der Waals surface area contributed by atoms with Gasteiger partial charge in [0.1, 0.15) is 0 Å². The first-order chi connectivity index (χ1) is 19.5. The highest BCUT2D eigenvalue weighted by Crippen LogP contribution is 2.59. The predicted octanol–water partition coefficient (Wildman–Crippen LogP) is 1.81. The molecule has 0 saturated carbocycles. The van der Waals surface area contributed by atoms with Crippen LogP contribution in [0.1, 0.15) is 24.5 Å². The minimum absolute atomic E-state index is 0.0249. The molecule has 0 unspecified atom stereocenters. The van der Waals surface area contributed by atoms with Gasteiger partial charge in [0.25, 0.3) is 5.91 Å². The number of fused-ring (bicyclic) bond motifs is 2. The van der Waals surface area contributed by atoms with E-state index in [1.165, 1.54) is 0 Å². The molecule has 220 valence electrons. The SMILES string of the molecule is C[C@H]1[C@H]([Si](C)(C)O)[C@@H](CC(=O)N(CCO)Cc2ccccc2)O[C@]12C(=O)N(C)c1ccc(N3CCNCC3=O)cc12. The van der Waals surface area contributed by atoms with E-state index in [0.29, 0.717) is 36.6 Å². The highest BCUT2D eigenvalue weighted by atomic mass is 28.4. The van der Waals surface area contributed by atoms with E-state index in [-0.39, 0.29) is 43.8 Å². The molecule has 3 N–H and O–H groups in total. The molecule has 3 amide bonds. The lowest BCUT2D eigenvalue weighted by Gasteiger charge is -2.33. The topological polar surface area (TPSA) is 123 Å². The Morgan fingerprint density at radius 3 is 2.59 bits per heavy atom. The Morgan fingerprint density at radius 2 is 1.93 bits per heavy atom. The monoisotopic (exact) mass is 580 g/mol. The molecule has 11 heteroatoms. The van der Waals surface area contributed by atoms with Gasteiger partial charge in [-0.2, -0.15) is 0 Å². The summed E-state index contributed by atoms with van der Waals surface area (Å²) in [4.78, 5) is 56.8. The number of hydrogen-bond acceptors (Lipinski definition) is 7. The first kappa shape index (κ1) is 29.4. The van der Waals surface area contributed by atoms with Crippen LogP contribution in [0.2, 0.25) is 18.6 Å². The fourth-order valence-electron chi connectivity index (χ4n) is 6.94. The normalized spacial score (nSPS) is 26.1. The maximum atomic E-state index is 14.0. The number of ether oxygens (including phenoxy) is 1. The Morgan fingerprint density at radius 1 is 1.20 bits per heavy atom. The van der Waals surface area contributed by atoms with E-state index < -0.39 is 31.5 Å². The van der Waals surface area contributed by atoms with Crippen molar-refractivity contribution >= 4 is 37.4 Å². The molecule has 0 bridgehead atoms. The second-order valence-corrected chi connectivity index (χ2v) is 15.9. The Labute approximate surface area is 242 Å². The molecule has 2 fully saturated rings. The molecule has 1 spiro atoms. The summed E-state index contributed by atoms with van der Waals surface area (Å²) in [6.45, 7) is 7.33. The van der Waals surface area contributed by atoms with Gasteiger partial charge in [-0.05, 0) is 36.9 Å². The number of benzene rings is 2. The van der Waals surface area contributed by atoms with Crippen molar-refractivity contribution in [3.8, 4) is 0 Å². The summed E-state index contributed by atoms with van der Waals surface area (Å²) in [5, 5.41) is 12.8. The van der Waals surface area contributed by atoms with Crippen LogP contribution < -0.4 is 15.1 Å². The van der Waals surface area contributed by atoms with Gasteiger partial charge in [0, 0.05) is 55.9 Å². The zero-order valence-electron chi connectivity index (χ0n) is 24.2. The summed E-state index contributed by atoms with van der Waals surface area (Å²) < 4.78 is 6.75. The van der Waals surface area contributed by atoms with Crippen molar-refractivity contribution in [2.75, 3.05) is 49.6 Å². The van der Waals surface area contributed by atoms with Crippen molar-refractivity contribution < 1.29 is 29.0 Å². The molecular formula is C30H40N4O6Si. The van der Waals surface area contributed by atoms with Crippen LogP contribution in [-0.4, -0.2) is 86.8 Å². The summed E-state index contributed by atoms with van der Waals surface area (Å²) >= 11 is 0. The Kier molecular flexibility index (Phi) is 8.10. The fourth-order valence-corrected chi connectivity index (χ4v) is 9.49. The molecule has 0 aromatic heterocycles. The molecule has 5 rings (SSSR count). The van der Waals surface area contributed by atoms with Crippen molar-refractivity contribution in [3.05, 3.63) is 59.7 Å². The third-order valence-corrected chi connectivity index (χ3v) is 11.3. The van der Waals surface area contributed by atoms with Gasteiger partial charge in [0.15, 0.2) is 13.9 Å². The van der Waals surface area contributed by atoms with Crippen molar-refractivity contribution in [1.29, 1.82) is 0 Å². The molecule has 2 aromatic rings. The van der Waals surface area contributed by atoms with Gasteiger partial charge in [-0.1, -0.05) is 37.3 Å². The van der Waals surface area contributed by atoms with Gasteiger partial charge in [0.05, 0.1) is 31.4 Å². The van der Waals surface area contributed by atoms with Gasteiger partial charge < -0.3 is 34.7 Å². The average Bonchev–Trinajstić information content (AvgIpc) is 3.35. The molecule has 41 heavy (non-hydrogen) atoms. The number of amides is 3. The number of nitrogens with one attached hydrogen (secondary N) is 1. The zero-order chi connectivity index (χ0) is 29.5. The van der Waals surface area contributed by atoms with E-state index in [2.05, 4.69) is 5.32 Å². The number of rotatable bonds is 8. The Hall–Kier alpha value is -3.09. The third-order valence-electron chi connectivity index (χ3n) is 8.81. The predicted molar refractivity (Wildman–Crippen MR) is 158 cm³/mol. The van der Waals surface area contributed by atoms with Crippen LogP contribution in [0.15, 0.2) is 48.5 Å². The van der Waals surface area contributed by atoms with Crippen LogP contribution in [0.3, 0.4) is 0 Å². The zero-order valence-corrected chi connectivity index (χ0v) is 25.2. The average molecular weight is 581 g/mol.